The molecule has 0 aliphatic rings. The lowest BCUT2D eigenvalue weighted by Gasteiger charge is -2.12. The van der Waals surface area contributed by atoms with Crippen molar-refractivity contribution in [1.29, 1.82) is 0 Å². The van der Waals surface area contributed by atoms with E-state index in [1.807, 2.05) is 38.1 Å². The Kier molecular flexibility index (Phi) is 5.75. The number of ketones is 1. The Bertz CT molecular complexity index is 1010. The molecule has 0 aliphatic carbocycles. The van der Waals surface area contributed by atoms with Crippen LogP contribution in [0.4, 0.5) is 11.4 Å². The van der Waals surface area contributed by atoms with E-state index in [9.17, 15) is 9.59 Å². The van der Waals surface area contributed by atoms with E-state index < -0.39 is 0 Å². The quantitative estimate of drug-likeness (QED) is 0.502. The standard InChI is InChI=1S/C23H22N2O3/c1-15-7-9-17(10-8-15)23(27)18-11-12-21(16(2)13-18)28-14-22(26)25-20-6-4-3-5-19(20)24/h3-13H,14,24H2,1-2H3,(H,25,26). The lowest BCUT2D eigenvalue weighted by molar-refractivity contribution is -0.118. The van der Waals surface area contributed by atoms with Crippen molar-refractivity contribution in [3.63, 3.8) is 0 Å². The number of para-hydroxylation sites is 2. The number of aryl methyl sites for hydroxylation is 2. The van der Waals surface area contributed by atoms with Gasteiger partial charge in [-0.05, 0) is 49.7 Å². The van der Waals surface area contributed by atoms with Gasteiger partial charge in [0, 0.05) is 11.1 Å². The Labute approximate surface area is 164 Å². The summed E-state index contributed by atoms with van der Waals surface area (Å²) in [7, 11) is 0. The summed E-state index contributed by atoms with van der Waals surface area (Å²) < 4.78 is 5.60. The number of nitrogens with one attached hydrogen (secondary N) is 1. The lowest BCUT2D eigenvalue weighted by atomic mass is 10.0. The number of benzene rings is 3. The second kappa shape index (κ2) is 8.39. The second-order valence-electron chi connectivity index (χ2n) is 6.60. The van der Waals surface area contributed by atoms with Gasteiger partial charge in [-0.25, -0.2) is 0 Å². The molecule has 3 aromatic carbocycles. The summed E-state index contributed by atoms with van der Waals surface area (Å²) >= 11 is 0. The first-order valence-electron chi connectivity index (χ1n) is 8.93. The van der Waals surface area contributed by atoms with Crippen LogP contribution in [0.5, 0.6) is 5.75 Å². The molecule has 28 heavy (non-hydrogen) atoms. The van der Waals surface area contributed by atoms with E-state index in [0.717, 1.165) is 11.1 Å². The van der Waals surface area contributed by atoms with Gasteiger partial charge in [0.25, 0.3) is 5.91 Å². The maximum Gasteiger partial charge on any atom is 0.262 e. The number of rotatable bonds is 6. The van der Waals surface area contributed by atoms with E-state index in [1.165, 1.54) is 0 Å². The predicted octanol–water partition coefficient (Wildman–Crippen LogP) is 4.13. The van der Waals surface area contributed by atoms with Gasteiger partial charge < -0.3 is 15.8 Å². The van der Waals surface area contributed by atoms with Crippen LogP contribution in [0.1, 0.15) is 27.0 Å². The van der Waals surface area contributed by atoms with Crippen molar-refractivity contribution in [1.82, 2.24) is 0 Å². The number of nitrogens with two attached hydrogens (primary N) is 1. The molecule has 1 amide bonds. The summed E-state index contributed by atoms with van der Waals surface area (Å²) in [6.45, 7) is 3.67. The number of nitrogen functional groups attached to an aromatic ring is 1. The SMILES string of the molecule is Cc1ccc(C(=O)c2ccc(OCC(=O)Nc3ccccc3N)c(C)c2)cc1. The third-order valence-electron chi connectivity index (χ3n) is 4.34. The Morgan fingerprint density at radius 2 is 1.61 bits per heavy atom. The first-order valence-corrected chi connectivity index (χ1v) is 8.93. The number of ether oxygens (including phenoxy) is 1. The Balaban J connectivity index is 1.64. The van der Waals surface area contributed by atoms with Crippen molar-refractivity contribution < 1.29 is 14.3 Å². The molecule has 0 heterocycles. The van der Waals surface area contributed by atoms with Gasteiger partial charge >= 0.3 is 0 Å². The molecule has 0 unspecified atom stereocenters. The fraction of sp³-hybridized carbons (Fsp3) is 0.130. The summed E-state index contributed by atoms with van der Waals surface area (Å²) in [5, 5.41) is 2.71. The zero-order valence-corrected chi connectivity index (χ0v) is 15.9. The third-order valence-corrected chi connectivity index (χ3v) is 4.34. The zero-order valence-electron chi connectivity index (χ0n) is 15.9. The van der Waals surface area contributed by atoms with E-state index in [-0.39, 0.29) is 18.3 Å². The molecule has 0 fully saturated rings. The molecule has 0 saturated carbocycles. The van der Waals surface area contributed by atoms with Gasteiger partial charge in [-0.15, -0.1) is 0 Å². The smallest absolute Gasteiger partial charge is 0.262 e. The molecular weight excluding hydrogens is 352 g/mol. The molecule has 142 valence electrons. The highest BCUT2D eigenvalue weighted by Crippen LogP contribution is 2.22. The van der Waals surface area contributed by atoms with Crippen molar-refractivity contribution in [3.05, 3.63) is 89.0 Å². The van der Waals surface area contributed by atoms with E-state index in [4.69, 9.17) is 10.5 Å². The van der Waals surface area contributed by atoms with Crippen LogP contribution in [-0.4, -0.2) is 18.3 Å². The minimum absolute atomic E-state index is 0.0491. The summed E-state index contributed by atoms with van der Waals surface area (Å²) in [5.74, 6) is 0.195. The molecule has 0 saturated heterocycles. The van der Waals surface area contributed by atoms with Crippen LogP contribution >= 0.6 is 0 Å². The van der Waals surface area contributed by atoms with E-state index in [2.05, 4.69) is 5.32 Å². The fourth-order valence-electron chi connectivity index (χ4n) is 2.76. The number of anilines is 2. The number of hydrogen-bond acceptors (Lipinski definition) is 4. The largest absolute Gasteiger partial charge is 0.483 e. The minimum atomic E-state index is -0.308. The monoisotopic (exact) mass is 374 g/mol. The molecule has 0 atom stereocenters. The molecule has 0 aromatic heterocycles. The third kappa shape index (κ3) is 4.57. The summed E-state index contributed by atoms with van der Waals surface area (Å²) in [6.07, 6.45) is 0. The normalized spacial score (nSPS) is 10.4. The van der Waals surface area contributed by atoms with Crippen molar-refractivity contribution >= 4 is 23.1 Å². The Morgan fingerprint density at radius 3 is 2.29 bits per heavy atom. The predicted molar refractivity (Wildman–Crippen MR) is 111 cm³/mol. The molecule has 0 bridgehead atoms. The molecule has 0 radical (unpaired) electrons. The number of hydrogen-bond donors (Lipinski definition) is 2. The van der Waals surface area contributed by atoms with Crippen LogP contribution in [0, 0.1) is 13.8 Å². The topological polar surface area (TPSA) is 81.4 Å². The molecule has 3 aromatic rings. The van der Waals surface area contributed by atoms with Gasteiger partial charge in [0.1, 0.15) is 5.75 Å². The second-order valence-corrected chi connectivity index (χ2v) is 6.60. The summed E-state index contributed by atoms with van der Waals surface area (Å²) in [5.41, 5.74) is 9.96. The molecular formula is C23H22N2O3. The maximum atomic E-state index is 12.6. The van der Waals surface area contributed by atoms with Crippen LogP contribution < -0.4 is 15.8 Å². The van der Waals surface area contributed by atoms with Crippen LogP contribution in [0.25, 0.3) is 0 Å². The van der Waals surface area contributed by atoms with Crippen LogP contribution in [0.3, 0.4) is 0 Å². The number of carbonyl (C=O) groups excluding carboxylic acids is 2. The summed E-state index contributed by atoms with van der Waals surface area (Å²) in [6, 6.07) is 19.7. The first kappa shape index (κ1) is 19.2. The summed E-state index contributed by atoms with van der Waals surface area (Å²) in [4.78, 5) is 24.7. The average Bonchev–Trinajstić information content (AvgIpc) is 2.69. The van der Waals surface area contributed by atoms with Crippen molar-refractivity contribution in [2.24, 2.45) is 0 Å². The number of amides is 1. The van der Waals surface area contributed by atoms with E-state index in [1.54, 1.807) is 42.5 Å². The average molecular weight is 374 g/mol. The van der Waals surface area contributed by atoms with Gasteiger partial charge in [-0.2, -0.15) is 0 Å². The molecule has 0 spiro atoms. The van der Waals surface area contributed by atoms with E-state index >= 15 is 0 Å². The highest BCUT2D eigenvalue weighted by Gasteiger charge is 2.12. The number of carbonyl (C=O) groups is 2. The van der Waals surface area contributed by atoms with Crippen molar-refractivity contribution in [2.75, 3.05) is 17.7 Å². The molecule has 5 nitrogen and oxygen atoms in total. The fourth-order valence-corrected chi connectivity index (χ4v) is 2.76. The van der Waals surface area contributed by atoms with Gasteiger partial charge in [0.2, 0.25) is 0 Å². The van der Waals surface area contributed by atoms with Gasteiger partial charge in [-0.1, -0.05) is 42.0 Å². The van der Waals surface area contributed by atoms with Gasteiger partial charge in [-0.3, -0.25) is 9.59 Å². The molecule has 0 aliphatic heterocycles. The van der Waals surface area contributed by atoms with Gasteiger partial charge in [0.15, 0.2) is 12.4 Å². The molecule has 5 heteroatoms. The maximum absolute atomic E-state index is 12.6. The minimum Gasteiger partial charge on any atom is -0.483 e. The van der Waals surface area contributed by atoms with Crippen LogP contribution in [0.2, 0.25) is 0 Å². The van der Waals surface area contributed by atoms with Crippen LogP contribution in [-0.2, 0) is 4.79 Å². The highest BCUT2D eigenvalue weighted by molar-refractivity contribution is 6.09. The van der Waals surface area contributed by atoms with Crippen molar-refractivity contribution in [2.45, 2.75) is 13.8 Å². The van der Waals surface area contributed by atoms with Gasteiger partial charge in [0.05, 0.1) is 11.4 Å². The molecule has 3 N–H and O–H groups in total. The highest BCUT2D eigenvalue weighted by atomic mass is 16.5. The Hall–Kier alpha value is -3.60. The first-order chi connectivity index (χ1) is 13.4. The zero-order chi connectivity index (χ0) is 20.1. The van der Waals surface area contributed by atoms with Crippen molar-refractivity contribution in [3.8, 4) is 5.75 Å². The molecule has 3 rings (SSSR count). The van der Waals surface area contributed by atoms with Crippen LogP contribution in [0.15, 0.2) is 66.7 Å². The Morgan fingerprint density at radius 1 is 0.929 bits per heavy atom. The lowest BCUT2D eigenvalue weighted by Crippen LogP contribution is -2.21. The van der Waals surface area contributed by atoms with E-state index in [0.29, 0.717) is 28.3 Å².